The number of hydrogen-bond acceptors (Lipinski definition) is 3. The molecule has 0 spiro atoms. The number of amides is 1. The maximum atomic E-state index is 10.3. The van der Waals surface area contributed by atoms with Crippen LogP contribution < -0.4 is 0 Å². The molecule has 3 N–H and O–H groups in total. The molecule has 0 radical (unpaired) electrons. The van der Waals surface area contributed by atoms with Gasteiger partial charge in [-0.05, 0) is 17.7 Å². The van der Waals surface area contributed by atoms with E-state index in [-0.39, 0.29) is 5.48 Å². The highest BCUT2D eigenvalue weighted by atomic mass is 16.4. The van der Waals surface area contributed by atoms with E-state index in [4.69, 9.17) is 5.11 Å². The third kappa shape index (κ3) is 3.63. The minimum absolute atomic E-state index is 0. The van der Waals surface area contributed by atoms with Gasteiger partial charge in [-0.15, -0.1) is 0 Å². The highest BCUT2D eigenvalue weighted by Gasteiger charge is 1.99. The third-order valence-electron chi connectivity index (χ3n) is 1.36. The van der Waals surface area contributed by atoms with Crippen molar-refractivity contribution in [2.24, 2.45) is 5.10 Å². The van der Waals surface area contributed by atoms with Gasteiger partial charge in [0.1, 0.15) is 0 Å². The number of hydrogen-bond donors (Lipinski definition) is 1. The van der Waals surface area contributed by atoms with Crippen LogP contribution in [-0.4, -0.2) is 39.9 Å². The van der Waals surface area contributed by atoms with Gasteiger partial charge in [-0.2, -0.15) is 5.10 Å². The smallest absolute Gasteiger partial charge is 0.427 e. The highest BCUT2D eigenvalue weighted by molar-refractivity contribution is 5.80. The SMILES string of the molecule is CN(N=Cc1ccncc1)C(=O)O.O. The number of carboxylic acid groups (broad SMARTS) is 1. The minimum Gasteiger partial charge on any atom is -0.464 e. The summed E-state index contributed by atoms with van der Waals surface area (Å²) in [6, 6.07) is 3.47. The lowest BCUT2D eigenvalue weighted by molar-refractivity contribution is 0.158. The second-order valence-corrected chi connectivity index (χ2v) is 2.33. The summed E-state index contributed by atoms with van der Waals surface area (Å²) in [6.45, 7) is 0. The van der Waals surface area contributed by atoms with E-state index < -0.39 is 6.09 Å². The normalized spacial score (nSPS) is 9.50. The van der Waals surface area contributed by atoms with Crippen LogP contribution in [0.1, 0.15) is 5.56 Å². The molecule has 0 bridgehead atoms. The summed E-state index contributed by atoms with van der Waals surface area (Å²) in [4.78, 5) is 14.1. The standard InChI is InChI=1S/C8H9N3O2.H2O/c1-11(8(12)13)10-6-7-2-4-9-5-3-7;/h2-6H,1H3,(H,12,13);1H2. The predicted molar refractivity (Wildman–Crippen MR) is 51.2 cm³/mol. The van der Waals surface area contributed by atoms with E-state index in [0.29, 0.717) is 0 Å². The van der Waals surface area contributed by atoms with Crippen LogP contribution in [0.4, 0.5) is 4.79 Å². The summed E-state index contributed by atoms with van der Waals surface area (Å²) in [5, 5.41) is 13.0. The topological polar surface area (TPSA) is 97.3 Å². The quantitative estimate of drug-likeness (QED) is 0.541. The first-order valence-electron chi connectivity index (χ1n) is 3.61. The van der Waals surface area contributed by atoms with Crippen molar-refractivity contribution in [1.29, 1.82) is 0 Å². The molecule has 0 aromatic carbocycles. The van der Waals surface area contributed by atoms with E-state index in [9.17, 15) is 4.79 Å². The third-order valence-corrected chi connectivity index (χ3v) is 1.36. The zero-order valence-corrected chi connectivity index (χ0v) is 7.58. The molecule has 0 aliphatic carbocycles. The zero-order chi connectivity index (χ0) is 9.68. The van der Waals surface area contributed by atoms with Gasteiger partial charge in [0.15, 0.2) is 0 Å². The minimum atomic E-state index is -1.09. The molecular weight excluding hydrogens is 186 g/mol. The number of carbonyl (C=O) groups is 1. The lowest BCUT2D eigenvalue weighted by Gasteiger charge is -2.03. The van der Waals surface area contributed by atoms with Crippen LogP contribution >= 0.6 is 0 Å². The Balaban J connectivity index is 0.00000169. The lowest BCUT2D eigenvalue weighted by Crippen LogP contribution is -2.18. The fourth-order valence-electron chi connectivity index (χ4n) is 0.652. The molecular formula is C8H11N3O3. The van der Waals surface area contributed by atoms with Crippen molar-refractivity contribution < 1.29 is 15.4 Å². The molecule has 6 nitrogen and oxygen atoms in total. The first-order chi connectivity index (χ1) is 6.20. The Morgan fingerprint density at radius 1 is 1.57 bits per heavy atom. The van der Waals surface area contributed by atoms with Gasteiger partial charge < -0.3 is 10.6 Å². The average molecular weight is 197 g/mol. The summed E-state index contributed by atoms with van der Waals surface area (Å²) in [5.74, 6) is 0. The van der Waals surface area contributed by atoms with Gasteiger partial charge in [-0.3, -0.25) is 4.98 Å². The van der Waals surface area contributed by atoms with Crippen LogP contribution in [0.25, 0.3) is 0 Å². The Hall–Kier alpha value is -1.95. The molecule has 0 saturated heterocycles. The van der Waals surface area contributed by atoms with Gasteiger partial charge in [0.05, 0.1) is 6.21 Å². The van der Waals surface area contributed by atoms with Crippen LogP contribution in [0.3, 0.4) is 0 Å². The van der Waals surface area contributed by atoms with Gasteiger partial charge >= 0.3 is 6.09 Å². The average Bonchev–Trinajstić information content (AvgIpc) is 2.15. The van der Waals surface area contributed by atoms with E-state index in [1.807, 2.05) is 0 Å². The second kappa shape index (κ2) is 5.65. The van der Waals surface area contributed by atoms with Crippen molar-refractivity contribution in [3.8, 4) is 0 Å². The first kappa shape index (κ1) is 12.0. The van der Waals surface area contributed by atoms with Crippen molar-refractivity contribution in [1.82, 2.24) is 9.99 Å². The van der Waals surface area contributed by atoms with Crippen molar-refractivity contribution >= 4 is 12.3 Å². The molecule has 0 unspecified atom stereocenters. The van der Waals surface area contributed by atoms with E-state index in [1.54, 1.807) is 24.5 Å². The van der Waals surface area contributed by atoms with Gasteiger partial charge in [-0.25, -0.2) is 9.80 Å². The van der Waals surface area contributed by atoms with E-state index in [1.165, 1.54) is 13.3 Å². The van der Waals surface area contributed by atoms with Gasteiger partial charge in [-0.1, -0.05) is 0 Å². The maximum Gasteiger partial charge on any atom is 0.427 e. The van der Waals surface area contributed by atoms with Gasteiger partial charge in [0, 0.05) is 19.4 Å². The zero-order valence-electron chi connectivity index (χ0n) is 7.58. The van der Waals surface area contributed by atoms with Crippen LogP contribution in [0.15, 0.2) is 29.6 Å². The van der Waals surface area contributed by atoms with Crippen molar-refractivity contribution in [2.75, 3.05) is 7.05 Å². The largest absolute Gasteiger partial charge is 0.464 e. The van der Waals surface area contributed by atoms with Crippen LogP contribution in [0, 0.1) is 0 Å². The van der Waals surface area contributed by atoms with Crippen LogP contribution in [0.5, 0.6) is 0 Å². The molecule has 1 aromatic heterocycles. The monoisotopic (exact) mass is 197 g/mol. The molecule has 0 aliphatic rings. The molecule has 0 saturated carbocycles. The number of hydrazone groups is 1. The van der Waals surface area contributed by atoms with Gasteiger partial charge in [0.25, 0.3) is 0 Å². The molecule has 76 valence electrons. The number of rotatable bonds is 2. The summed E-state index contributed by atoms with van der Waals surface area (Å²) in [7, 11) is 1.36. The van der Waals surface area contributed by atoms with Gasteiger partial charge in [0.2, 0.25) is 0 Å². The molecule has 1 amide bonds. The van der Waals surface area contributed by atoms with E-state index >= 15 is 0 Å². The molecule has 0 fully saturated rings. The molecule has 0 atom stereocenters. The predicted octanol–water partition coefficient (Wildman–Crippen LogP) is 0.201. The van der Waals surface area contributed by atoms with Crippen molar-refractivity contribution in [2.45, 2.75) is 0 Å². The number of nitrogens with zero attached hydrogens (tertiary/aromatic N) is 3. The highest BCUT2D eigenvalue weighted by Crippen LogP contribution is 1.92. The Bertz CT molecular complexity index is 313. The second-order valence-electron chi connectivity index (χ2n) is 2.33. The maximum absolute atomic E-state index is 10.3. The van der Waals surface area contributed by atoms with Crippen LogP contribution in [-0.2, 0) is 0 Å². The first-order valence-corrected chi connectivity index (χ1v) is 3.61. The number of aromatic nitrogens is 1. The van der Waals surface area contributed by atoms with Crippen molar-refractivity contribution in [3.63, 3.8) is 0 Å². The molecule has 6 heteroatoms. The molecule has 1 heterocycles. The summed E-state index contributed by atoms with van der Waals surface area (Å²) in [5.41, 5.74) is 0.808. The fraction of sp³-hybridized carbons (Fsp3) is 0.125. The van der Waals surface area contributed by atoms with E-state index in [2.05, 4.69) is 10.1 Å². The summed E-state index contributed by atoms with van der Waals surface area (Å²) >= 11 is 0. The molecule has 0 aliphatic heterocycles. The lowest BCUT2D eigenvalue weighted by atomic mass is 10.3. The molecule has 1 rings (SSSR count). The molecule has 14 heavy (non-hydrogen) atoms. The Morgan fingerprint density at radius 2 is 2.14 bits per heavy atom. The Labute approximate surface area is 80.8 Å². The Kier molecular flexibility index (Phi) is 4.87. The molecule has 1 aromatic rings. The van der Waals surface area contributed by atoms with Crippen molar-refractivity contribution in [3.05, 3.63) is 30.1 Å². The van der Waals surface area contributed by atoms with Crippen LogP contribution in [0.2, 0.25) is 0 Å². The summed E-state index contributed by atoms with van der Waals surface area (Å²) < 4.78 is 0. The Morgan fingerprint density at radius 3 is 2.64 bits per heavy atom. The number of pyridine rings is 1. The summed E-state index contributed by atoms with van der Waals surface area (Å²) in [6.07, 6.45) is 3.59. The fourth-order valence-corrected chi connectivity index (χ4v) is 0.652. The van der Waals surface area contributed by atoms with E-state index in [0.717, 1.165) is 10.6 Å².